The number of sulfone groups is 1. The molecule has 0 atom stereocenters. The molecule has 0 unspecified atom stereocenters. The Morgan fingerprint density at radius 1 is 1.33 bits per heavy atom. The normalized spacial score (nSPS) is 11.7. The number of unbranched alkanes of at least 4 members (excludes halogenated alkanes) is 1. The molecule has 21 heavy (non-hydrogen) atoms. The number of fused-ring (bicyclic) bond motifs is 1. The summed E-state index contributed by atoms with van der Waals surface area (Å²) >= 11 is 0.977. The highest BCUT2D eigenvalue weighted by molar-refractivity contribution is 7.91. The average Bonchev–Trinajstić information content (AvgIpc) is 2.93. The number of aromatic nitrogens is 2. The fourth-order valence-corrected chi connectivity index (χ4v) is 3.87. The molecule has 0 bridgehead atoms. The lowest BCUT2D eigenvalue weighted by Gasteiger charge is -2.06. The molecular weight excluding hydrogens is 310 g/mol. The molecule has 114 valence electrons. The Morgan fingerprint density at radius 2 is 2.14 bits per heavy atom. The summed E-state index contributed by atoms with van der Waals surface area (Å²) in [7, 11) is -3.54. The van der Waals surface area contributed by atoms with Gasteiger partial charge in [0.2, 0.25) is 5.91 Å². The third-order valence-electron chi connectivity index (χ3n) is 3.03. The molecule has 2 aromatic rings. The van der Waals surface area contributed by atoms with Gasteiger partial charge in [0, 0.05) is 13.0 Å². The fourth-order valence-electron chi connectivity index (χ4n) is 1.86. The molecule has 0 saturated carbocycles. The maximum Gasteiger partial charge on any atom is 0.221 e. The van der Waals surface area contributed by atoms with Gasteiger partial charge in [-0.3, -0.25) is 4.79 Å². The molecule has 0 aliphatic rings. The molecule has 1 aromatic carbocycles. The first-order chi connectivity index (χ1) is 10.0. The Bertz CT molecular complexity index is 725. The summed E-state index contributed by atoms with van der Waals surface area (Å²) in [4.78, 5) is 11.8. The van der Waals surface area contributed by atoms with E-state index < -0.39 is 9.84 Å². The Morgan fingerprint density at radius 3 is 2.90 bits per heavy atom. The number of carbonyl (C=O) groups excluding carboxylic acids is 1. The zero-order valence-electron chi connectivity index (χ0n) is 11.7. The number of amides is 1. The highest BCUT2D eigenvalue weighted by Gasteiger charge is 2.20. The van der Waals surface area contributed by atoms with Crippen molar-refractivity contribution < 1.29 is 13.2 Å². The lowest BCUT2D eigenvalue weighted by atomic mass is 10.3. The van der Waals surface area contributed by atoms with Crippen molar-refractivity contribution in [2.24, 2.45) is 0 Å². The van der Waals surface area contributed by atoms with Crippen LogP contribution in [-0.4, -0.2) is 35.4 Å². The van der Waals surface area contributed by atoms with E-state index in [0.717, 1.165) is 24.6 Å². The molecule has 1 N–H and O–H groups in total. The maximum absolute atomic E-state index is 12.3. The average molecular weight is 327 g/mol. The number of hydrogen-bond donors (Lipinski definition) is 1. The Hall–Kier alpha value is -1.54. The maximum atomic E-state index is 12.3. The van der Waals surface area contributed by atoms with E-state index >= 15 is 0 Å². The van der Waals surface area contributed by atoms with Crippen LogP contribution < -0.4 is 5.32 Å². The van der Waals surface area contributed by atoms with Crippen LogP contribution in [0, 0.1) is 0 Å². The van der Waals surface area contributed by atoms with Crippen molar-refractivity contribution in [2.75, 3.05) is 12.3 Å². The minimum Gasteiger partial charge on any atom is -0.356 e. The van der Waals surface area contributed by atoms with Gasteiger partial charge in [-0.25, -0.2) is 8.42 Å². The Balaban J connectivity index is 2.05. The van der Waals surface area contributed by atoms with Crippen molar-refractivity contribution >= 4 is 38.5 Å². The summed E-state index contributed by atoms with van der Waals surface area (Å²) in [5, 5.41) is 2.71. The van der Waals surface area contributed by atoms with Gasteiger partial charge in [-0.1, -0.05) is 19.4 Å². The molecule has 0 saturated heterocycles. The van der Waals surface area contributed by atoms with Crippen molar-refractivity contribution in [3.63, 3.8) is 0 Å². The minimum atomic E-state index is -3.54. The van der Waals surface area contributed by atoms with Crippen LogP contribution >= 0.6 is 11.7 Å². The van der Waals surface area contributed by atoms with Crippen LogP contribution in [0.2, 0.25) is 0 Å². The van der Waals surface area contributed by atoms with E-state index in [9.17, 15) is 13.2 Å². The number of carbonyl (C=O) groups is 1. The van der Waals surface area contributed by atoms with E-state index in [1.807, 2.05) is 6.92 Å². The predicted molar refractivity (Wildman–Crippen MR) is 82.0 cm³/mol. The van der Waals surface area contributed by atoms with Crippen LogP contribution in [0.5, 0.6) is 0 Å². The van der Waals surface area contributed by atoms with Crippen molar-refractivity contribution in [3.8, 4) is 0 Å². The Labute approximate surface area is 127 Å². The molecule has 1 aromatic heterocycles. The number of hydrogen-bond acceptors (Lipinski definition) is 6. The SMILES string of the molecule is CCCCNC(=O)CCS(=O)(=O)c1cccc2nsnc12. The van der Waals surface area contributed by atoms with Gasteiger partial charge in [0.15, 0.2) is 9.84 Å². The van der Waals surface area contributed by atoms with E-state index in [4.69, 9.17) is 0 Å². The number of nitrogens with one attached hydrogen (secondary N) is 1. The van der Waals surface area contributed by atoms with Crippen LogP contribution in [0.25, 0.3) is 11.0 Å². The van der Waals surface area contributed by atoms with Crippen LogP contribution in [0.4, 0.5) is 0 Å². The summed E-state index contributed by atoms with van der Waals surface area (Å²) in [5.41, 5.74) is 0.947. The van der Waals surface area contributed by atoms with Crippen LogP contribution in [0.3, 0.4) is 0 Å². The van der Waals surface area contributed by atoms with Gasteiger partial charge in [-0.2, -0.15) is 8.75 Å². The summed E-state index contributed by atoms with van der Waals surface area (Å²) in [6.07, 6.45) is 1.83. The molecular formula is C13H17N3O3S2. The molecule has 2 rings (SSSR count). The minimum absolute atomic E-state index is 0.0417. The van der Waals surface area contributed by atoms with E-state index in [-0.39, 0.29) is 23.0 Å². The molecule has 0 radical (unpaired) electrons. The van der Waals surface area contributed by atoms with E-state index in [1.54, 1.807) is 12.1 Å². The van der Waals surface area contributed by atoms with Crippen molar-refractivity contribution in [1.29, 1.82) is 0 Å². The molecule has 8 heteroatoms. The first-order valence-corrected chi connectivity index (χ1v) is 9.13. The first-order valence-electron chi connectivity index (χ1n) is 6.75. The summed E-state index contributed by atoms with van der Waals surface area (Å²) in [6, 6.07) is 4.86. The second kappa shape index (κ2) is 6.95. The molecule has 0 aliphatic heterocycles. The van der Waals surface area contributed by atoms with Crippen molar-refractivity contribution in [1.82, 2.24) is 14.1 Å². The molecule has 1 amide bonds. The smallest absolute Gasteiger partial charge is 0.221 e. The van der Waals surface area contributed by atoms with Crippen molar-refractivity contribution in [2.45, 2.75) is 31.1 Å². The van der Waals surface area contributed by atoms with Gasteiger partial charge in [-0.05, 0) is 18.6 Å². The summed E-state index contributed by atoms with van der Waals surface area (Å²) in [6.45, 7) is 2.61. The van der Waals surface area contributed by atoms with Gasteiger partial charge >= 0.3 is 0 Å². The second-order valence-corrected chi connectivity index (χ2v) is 7.27. The van der Waals surface area contributed by atoms with Crippen LogP contribution in [0.1, 0.15) is 26.2 Å². The number of rotatable bonds is 7. The molecule has 0 aliphatic carbocycles. The topological polar surface area (TPSA) is 89.0 Å². The van der Waals surface area contributed by atoms with E-state index in [1.165, 1.54) is 6.07 Å². The fraction of sp³-hybridized carbons (Fsp3) is 0.462. The van der Waals surface area contributed by atoms with E-state index in [0.29, 0.717) is 17.6 Å². The number of benzene rings is 1. The van der Waals surface area contributed by atoms with Gasteiger partial charge in [0.25, 0.3) is 0 Å². The molecule has 0 fully saturated rings. The standard InChI is InChI=1S/C13H17N3O3S2/c1-2-3-8-14-12(17)7-9-21(18,19)11-6-4-5-10-13(11)16-20-15-10/h4-6H,2-3,7-9H2,1H3,(H,14,17). The van der Waals surface area contributed by atoms with Crippen LogP contribution in [-0.2, 0) is 14.6 Å². The third kappa shape index (κ3) is 3.98. The first kappa shape index (κ1) is 15.8. The van der Waals surface area contributed by atoms with Crippen LogP contribution in [0.15, 0.2) is 23.1 Å². The van der Waals surface area contributed by atoms with Gasteiger partial charge < -0.3 is 5.32 Å². The summed E-state index contributed by atoms with van der Waals surface area (Å²) < 4.78 is 32.7. The Kier molecular flexibility index (Phi) is 5.24. The second-order valence-electron chi connectivity index (χ2n) is 4.66. The lowest BCUT2D eigenvalue weighted by molar-refractivity contribution is -0.120. The highest BCUT2D eigenvalue weighted by Crippen LogP contribution is 2.22. The lowest BCUT2D eigenvalue weighted by Crippen LogP contribution is -2.26. The monoisotopic (exact) mass is 327 g/mol. The highest BCUT2D eigenvalue weighted by atomic mass is 32.2. The van der Waals surface area contributed by atoms with Crippen molar-refractivity contribution in [3.05, 3.63) is 18.2 Å². The van der Waals surface area contributed by atoms with Gasteiger partial charge in [0.1, 0.15) is 11.0 Å². The molecule has 1 heterocycles. The van der Waals surface area contributed by atoms with Gasteiger partial charge in [0.05, 0.1) is 22.4 Å². The van der Waals surface area contributed by atoms with Gasteiger partial charge in [-0.15, -0.1) is 0 Å². The zero-order valence-corrected chi connectivity index (χ0v) is 13.3. The largest absolute Gasteiger partial charge is 0.356 e. The van der Waals surface area contributed by atoms with E-state index in [2.05, 4.69) is 14.1 Å². The quantitative estimate of drug-likeness (QED) is 0.783. The summed E-state index contributed by atoms with van der Waals surface area (Å²) in [5.74, 6) is -0.461. The predicted octanol–water partition coefficient (Wildman–Crippen LogP) is 1.77. The molecule has 0 spiro atoms. The number of nitrogens with zero attached hydrogens (tertiary/aromatic N) is 2. The third-order valence-corrected chi connectivity index (χ3v) is 5.32. The zero-order chi connectivity index (χ0) is 15.3. The molecule has 6 nitrogen and oxygen atoms in total.